The zero-order valence-corrected chi connectivity index (χ0v) is 23.2. The molecule has 0 unspecified atom stereocenters. The molecule has 0 aliphatic carbocycles. The number of hydrogen-bond acceptors (Lipinski definition) is 10. The van der Waals surface area contributed by atoms with Gasteiger partial charge in [-0.1, -0.05) is 12.1 Å². The fraction of sp³-hybridized carbons (Fsp3) is 0.370. The van der Waals surface area contributed by atoms with Crippen LogP contribution in [0.2, 0.25) is 0 Å². The number of piperidine rings is 1. The molecule has 0 amide bonds. The van der Waals surface area contributed by atoms with Gasteiger partial charge in [0.25, 0.3) is 0 Å². The number of para-hydroxylation sites is 1. The van der Waals surface area contributed by atoms with Crippen molar-refractivity contribution >= 4 is 44.0 Å². The van der Waals surface area contributed by atoms with E-state index < -0.39 is 15.1 Å². The number of aromatic amines is 1. The number of fused-ring (bicyclic) bond motifs is 1. The molecule has 4 aromatic rings. The Labute approximate surface area is 227 Å². The van der Waals surface area contributed by atoms with Gasteiger partial charge in [0, 0.05) is 19.2 Å². The number of H-pyrrole nitrogens is 1. The number of aromatic nitrogens is 4. The van der Waals surface area contributed by atoms with Crippen molar-refractivity contribution in [2.45, 2.75) is 42.9 Å². The highest BCUT2D eigenvalue weighted by atomic mass is 32.2. The normalized spacial score (nSPS) is 15.0. The molecule has 1 aliphatic heterocycles. The molecule has 0 saturated carbocycles. The second-order valence-corrected chi connectivity index (χ2v) is 12.3. The maximum atomic E-state index is 13.0. The fourth-order valence-electron chi connectivity index (χ4n) is 4.45. The summed E-state index contributed by atoms with van der Waals surface area (Å²) in [5.41, 5.74) is 1.56. The third-order valence-electron chi connectivity index (χ3n) is 6.76. The van der Waals surface area contributed by atoms with Gasteiger partial charge in [-0.25, -0.2) is 8.42 Å². The highest BCUT2D eigenvalue weighted by Crippen LogP contribution is 2.34. The molecule has 11 nitrogen and oxygen atoms in total. The Morgan fingerprint density at radius 1 is 1.05 bits per heavy atom. The van der Waals surface area contributed by atoms with E-state index in [9.17, 15) is 8.42 Å². The van der Waals surface area contributed by atoms with Crippen molar-refractivity contribution in [3.05, 3.63) is 48.7 Å². The van der Waals surface area contributed by atoms with Gasteiger partial charge in [-0.2, -0.15) is 15.1 Å². The first kappa shape index (κ1) is 26.7. The number of likely N-dealkylation sites (tertiary alicyclic amines) is 1. The van der Waals surface area contributed by atoms with Crippen molar-refractivity contribution in [3.8, 4) is 11.5 Å². The average molecular weight is 552 g/mol. The summed E-state index contributed by atoms with van der Waals surface area (Å²) in [6.45, 7) is 5.34. The van der Waals surface area contributed by atoms with Crippen molar-refractivity contribution in [1.29, 1.82) is 0 Å². The van der Waals surface area contributed by atoms with Crippen LogP contribution in [0.25, 0.3) is 11.0 Å². The van der Waals surface area contributed by atoms with Gasteiger partial charge in [-0.05, 0) is 58.0 Å². The van der Waals surface area contributed by atoms with Gasteiger partial charge in [0.2, 0.25) is 5.95 Å². The molecule has 3 heterocycles. The number of benzene rings is 2. The summed E-state index contributed by atoms with van der Waals surface area (Å²) < 4.78 is 37.8. The molecule has 12 heteroatoms. The van der Waals surface area contributed by atoms with Crippen LogP contribution in [0.3, 0.4) is 0 Å². The van der Waals surface area contributed by atoms with Gasteiger partial charge >= 0.3 is 0 Å². The Hall–Kier alpha value is -3.90. The van der Waals surface area contributed by atoms with E-state index in [0.717, 1.165) is 31.7 Å². The zero-order valence-electron chi connectivity index (χ0n) is 22.4. The number of methoxy groups -OCH3 is 1. The van der Waals surface area contributed by atoms with Crippen LogP contribution in [0.1, 0.15) is 26.7 Å². The van der Waals surface area contributed by atoms with E-state index in [1.807, 2.05) is 18.2 Å². The predicted molar refractivity (Wildman–Crippen MR) is 151 cm³/mol. The van der Waals surface area contributed by atoms with Crippen molar-refractivity contribution in [1.82, 2.24) is 25.1 Å². The minimum absolute atomic E-state index is 0.173. The Morgan fingerprint density at radius 2 is 1.82 bits per heavy atom. The molecule has 1 fully saturated rings. The molecule has 3 N–H and O–H groups in total. The lowest BCUT2D eigenvalue weighted by Gasteiger charge is -2.29. The van der Waals surface area contributed by atoms with E-state index in [-0.39, 0.29) is 16.9 Å². The molecule has 5 rings (SSSR count). The van der Waals surface area contributed by atoms with Crippen LogP contribution in [-0.4, -0.2) is 72.1 Å². The van der Waals surface area contributed by atoms with E-state index in [4.69, 9.17) is 9.47 Å². The van der Waals surface area contributed by atoms with Crippen molar-refractivity contribution in [2.24, 2.45) is 0 Å². The number of nitrogens with zero attached hydrogens (tertiary/aromatic N) is 4. The Bertz CT molecular complexity index is 1560. The van der Waals surface area contributed by atoms with Crippen LogP contribution in [-0.2, 0) is 9.84 Å². The van der Waals surface area contributed by atoms with Crippen LogP contribution in [0.5, 0.6) is 11.5 Å². The average Bonchev–Trinajstić information content (AvgIpc) is 3.40. The van der Waals surface area contributed by atoms with E-state index in [2.05, 4.69) is 42.7 Å². The largest absolute Gasteiger partial charge is 0.494 e. The zero-order chi connectivity index (χ0) is 27.6. The summed E-state index contributed by atoms with van der Waals surface area (Å²) in [5, 5.41) is 13.4. The molecule has 1 aliphatic rings. The second kappa shape index (κ2) is 11.1. The van der Waals surface area contributed by atoms with Crippen molar-refractivity contribution in [2.75, 3.05) is 37.9 Å². The Morgan fingerprint density at radius 3 is 2.56 bits per heavy atom. The smallest absolute Gasteiger partial charge is 0.231 e. The summed E-state index contributed by atoms with van der Waals surface area (Å²) in [5.74, 6) is 2.00. The van der Waals surface area contributed by atoms with E-state index >= 15 is 0 Å². The number of rotatable bonds is 9. The van der Waals surface area contributed by atoms with Crippen LogP contribution in [0.15, 0.2) is 53.6 Å². The van der Waals surface area contributed by atoms with E-state index in [1.165, 1.54) is 0 Å². The summed E-state index contributed by atoms with van der Waals surface area (Å²) in [4.78, 5) is 11.7. The lowest BCUT2D eigenvalue weighted by atomic mass is 10.1. The molecular weight excluding hydrogens is 518 g/mol. The maximum absolute atomic E-state index is 13.0. The van der Waals surface area contributed by atoms with Gasteiger partial charge in [0.1, 0.15) is 23.4 Å². The van der Waals surface area contributed by atoms with Gasteiger partial charge < -0.3 is 25.0 Å². The fourth-order valence-corrected chi connectivity index (χ4v) is 5.65. The quantitative estimate of drug-likeness (QED) is 0.273. The number of sulfone groups is 1. The lowest BCUT2D eigenvalue weighted by molar-refractivity contribution is 0.114. The minimum atomic E-state index is -3.53. The summed E-state index contributed by atoms with van der Waals surface area (Å²) in [7, 11) is 0.187. The second-order valence-electron chi connectivity index (χ2n) is 9.85. The van der Waals surface area contributed by atoms with E-state index in [1.54, 1.807) is 51.4 Å². The summed E-state index contributed by atoms with van der Waals surface area (Å²) in [6.07, 6.45) is 3.73. The van der Waals surface area contributed by atoms with E-state index in [0.29, 0.717) is 34.0 Å². The minimum Gasteiger partial charge on any atom is -0.494 e. The monoisotopic (exact) mass is 551 g/mol. The third-order valence-corrected chi connectivity index (χ3v) is 8.98. The van der Waals surface area contributed by atoms with Gasteiger partial charge in [-0.15, -0.1) is 0 Å². The molecular formula is C27H33N7O4S. The molecule has 2 aromatic carbocycles. The SMILES string of the molecule is COc1cc(OC2CCN(C)CC2)ccc1Nc1nc(Nc2ccccc2S(=O)(=O)C(C)C)c2cn[nH]c2n1. The summed E-state index contributed by atoms with van der Waals surface area (Å²) in [6, 6.07) is 12.4. The van der Waals surface area contributed by atoms with Gasteiger partial charge in [0.05, 0.1) is 40.2 Å². The molecule has 1 saturated heterocycles. The van der Waals surface area contributed by atoms with Gasteiger partial charge in [0.15, 0.2) is 15.5 Å². The first-order valence-electron chi connectivity index (χ1n) is 12.9. The van der Waals surface area contributed by atoms with Crippen LogP contribution >= 0.6 is 0 Å². The highest BCUT2D eigenvalue weighted by molar-refractivity contribution is 7.92. The van der Waals surface area contributed by atoms with Crippen molar-refractivity contribution < 1.29 is 17.9 Å². The number of anilines is 4. The number of ether oxygens (including phenoxy) is 2. The maximum Gasteiger partial charge on any atom is 0.231 e. The Kier molecular flexibility index (Phi) is 7.58. The topological polar surface area (TPSA) is 134 Å². The van der Waals surface area contributed by atoms with Gasteiger partial charge in [-0.3, -0.25) is 5.10 Å². The van der Waals surface area contributed by atoms with Crippen molar-refractivity contribution in [3.63, 3.8) is 0 Å². The summed E-state index contributed by atoms with van der Waals surface area (Å²) >= 11 is 0. The standard InChI is InChI=1S/C27H33N7O4S/c1-17(2)39(35,36)24-8-6-5-7-22(24)29-25-20-16-28-33-26(20)32-27(31-25)30-21-10-9-19(15-23(21)37-4)38-18-11-13-34(3)14-12-18/h5-10,15-18H,11-14H2,1-4H3,(H3,28,29,30,31,32,33). The predicted octanol–water partition coefficient (Wildman–Crippen LogP) is 4.50. The van der Waals surface area contributed by atoms with Crippen LogP contribution < -0.4 is 20.1 Å². The molecule has 206 valence electrons. The molecule has 39 heavy (non-hydrogen) atoms. The third kappa shape index (κ3) is 5.76. The van der Waals surface area contributed by atoms with Crippen LogP contribution in [0.4, 0.5) is 23.1 Å². The lowest BCUT2D eigenvalue weighted by Crippen LogP contribution is -2.35. The first-order valence-corrected chi connectivity index (χ1v) is 14.4. The number of nitrogens with one attached hydrogen (secondary N) is 3. The number of hydrogen-bond donors (Lipinski definition) is 3. The first-order chi connectivity index (χ1) is 18.7. The Balaban J connectivity index is 1.42. The molecule has 2 aromatic heterocycles. The molecule has 0 spiro atoms. The molecule has 0 radical (unpaired) electrons. The highest BCUT2D eigenvalue weighted by Gasteiger charge is 2.24. The molecule has 0 atom stereocenters. The van der Waals surface area contributed by atoms with Crippen LogP contribution in [0, 0.1) is 0 Å². The molecule has 0 bridgehead atoms.